The van der Waals surface area contributed by atoms with Crippen molar-refractivity contribution in [2.45, 2.75) is 72.3 Å². The Kier molecular flexibility index (Phi) is 8.94. The summed E-state index contributed by atoms with van der Waals surface area (Å²) < 4.78 is 14.0. The maximum atomic E-state index is 14.0. The van der Waals surface area contributed by atoms with E-state index in [9.17, 15) is 4.39 Å². The molecule has 0 saturated heterocycles. The number of hydrogen-bond acceptors (Lipinski definition) is 2. The fourth-order valence-corrected chi connectivity index (χ4v) is 3.26. The Balaban J connectivity index is 2.94. The average molecular weight is 336 g/mol. The summed E-state index contributed by atoms with van der Waals surface area (Å²) in [5.74, 6) is 1.37. The van der Waals surface area contributed by atoms with Gasteiger partial charge in [0.05, 0.1) is 6.04 Å². The van der Waals surface area contributed by atoms with Crippen molar-refractivity contribution in [3.05, 3.63) is 23.6 Å². The monoisotopic (exact) mass is 335 g/mol. The molecule has 0 aromatic rings. The molecule has 0 spiro atoms. The van der Waals surface area contributed by atoms with Crippen molar-refractivity contribution in [1.82, 2.24) is 5.01 Å². The van der Waals surface area contributed by atoms with Crippen LogP contribution in [0.4, 0.5) is 4.39 Å². The molecule has 4 heteroatoms. The van der Waals surface area contributed by atoms with Gasteiger partial charge < -0.3 is 0 Å². The van der Waals surface area contributed by atoms with Crippen LogP contribution in [0.15, 0.2) is 33.6 Å². The minimum atomic E-state index is -0.0950. The van der Waals surface area contributed by atoms with E-state index in [2.05, 4.69) is 32.5 Å². The highest BCUT2D eigenvalue weighted by atomic mass is 19.1. The predicted molar refractivity (Wildman–Crippen MR) is 103 cm³/mol. The maximum Gasteiger partial charge on any atom is 0.147 e. The molecule has 0 aromatic carbocycles. The van der Waals surface area contributed by atoms with Crippen molar-refractivity contribution in [1.29, 1.82) is 0 Å². The van der Waals surface area contributed by atoms with Gasteiger partial charge in [-0.05, 0) is 50.5 Å². The highest BCUT2D eigenvalue weighted by Gasteiger charge is 2.29. The molecule has 1 aliphatic carbocycles. The third kappa shape index (κ3) is 6.21. The molecule has 3 nitrogen and oxygen atoms in total. The van der Waals surface area contributed by atoms with Crippen LogP contribution in [0.25, 0.3) is 0 Å². The van der Waals surface area contributed by atoms with Crippen LogP contribution < -0.4 is 0 Å². The summed E-state index contributed by atoms with van der Waals surface area (Å²) in [7, 11) is 1.99. The minimum absolute atomic E-state index is 0.0950. The molecule has 2 unspecified atom stereocenters. The molecule has 24 heavy (non-hydrogen) atoms. The molecule has 0 fully saturated rings. The van der Waals surface area contributed by atoms with Crippen LogP contribution in [0.5, 0.6) is 0 Å². The molecule has 0 aromatic heterocycles. The van der Waals surface area contributed by atoms with Crippen LogP contribution in [0.3, 0.4) is 0 Å². The maximum absolute atomic E-state index is 14.0. The third-order valence-corrected chi connectivity index (χ3v) is 4.70. The highest BCUT2D eigenvalue weighted by Crippen LogP contribution is 2.33. The standard InChI is InChI=1S/C20H34FN3/c1-7-8-9-13-20(22-5)23-24(6)19(14-15(2)3)17-11-10-12-18(21)16(17)4/h10,12,15,17,19H,5,7-9,11,13-14H2,1-4,6H3/b23-20-. The molecule has 0 radical (unpaired) electrons. The quantitative estimate of drug-likeness (QED) is 0.228. The number of halogens is 1. The van der Waals surface area contributed by atoms with E-state index in [0.717, 1.165) is 37.1 Å². The zero-order valence-corrected chi connectivity index (χ0v) is 16.1. The molecule has 0 bridgehead atoms. The van der Waals surface area contributed by atoms with E-state index in [-0.39, 0.29) is 17.8 Å². The van der Waals surface area contributed by atoms with Crippen LogP contribution >= 0.6 is 0 Å². The van der Waals surface area contributed by atoms with Gasteiger partial charge in [0, 0.05) is 19.4 Å². The summed E-state index contributed by atoms with van der Waals surface area (Å²) in [5.41, 5.74) is 0.837. The van der Waals surface area contributed by atoms with Crippen molar-refractivity contribution in [2.75, 3.05) is 7.05 Å². The van der Waals surface area contributed by atoms with Crippen molar-refractivity contribution in [3.63, 3.8) is 0 Å². The lowest BCUT2D eigenvalue weighted by molar-refractivity contribution is 0.169. The first-order valence-corrected chi connectivity index (χ1v) is 9.20. The molecular formula is C20H34FN3. The smallest absolute Gasteiger partial charge is 0.147 e. The van der Waals surface area contributed by atoms with Gasteiger partial charge in [-0.1, -0.05) is 39.7 Å². The first-order valence-electron chi connectivity index (χ1n) is 9.20. The number of unbranched alkanes of at least 4 members (excludes halogenated alkanes) is 2. The zero-order valence-electron chi connectivity index (χ0n) is 16.1. The summed E-state index contributed by atoms with van der Waals surface area (Å²) in [4.78, 5) is 4.10. The van der Waals surface area contributed by atoms with Crippen LogP contribution in [0.1, 0.15) is 66.2 Å². The molecule has 0 saturated carbocycles. The average Bonchev–Trinajstić information content (AvgIpc) is 2.54. The largest absolute Gasteiger partial charge is 0.295 e. The van der Waals surface area contributed by atoms with Gasteiger partial charge in [-0.3, -0.25) is 5.01 Å². The second kappa shape index (κ2) is 10.4. The van der Waals surface area contributed by atoms with Crippen LogP contribution in [0.2, 0.25) is 0 Å². The number of hydrogen-bond donors (Lipinski definition) is 0. The number of rotatable bonds is 9. The minimum Gasteiger partial charge on any atom is -0.295 e. The summed E-state index contributed by atoms with van der Waals surface area (Å²) in [6.45, 7) is 12.2. The first-order chi connectivity index (χ1) is 11.4. The third-order valence-electron chi connectivity index (χ3n) is 4.70. The number of amidine groups is 1. The van der Waals surface area contributed by atoms with Gasteiger partial charge in [0.25, 0.3) is 0 Å². The number of hydrazone groups is 1. The van der Waals surface area contributed by atoms with Crippen LogP contribution in [-0.2, 0) is 0 Å². The Morgan fingerprint density at radius 3 is 2.71 bits per heavy atom. The van der Waals surface area contributed by atoms with E-state index in [0.29, 0.717) is 5.92 Å². The molecular weight excluding hydrogens is 301 g/mol. The number of aliphatic imine (C=N–C) groups is 1. The van der Waals surface area contributed by atoms with Gasteiger partial charge in [-0.15, -0.1) is 0 Å². The van der Waals surface area contributed by atoms with E-state index in [1.165, 1.54) is 12.8 Å². The van der Waals surface area contributed by atoms with Crippen LogP contribution in [-0.4, -0.2) is 30.7 Å². The van der Waals surface area contributed by atoms with Crippen molar-refractivity contribution >= 4 is 12.6 Å². The summed E-state index contributed by atoms with van der Waals surface area (Å²) in [6, 6.07) is 0.170. The number of nitrogens with zero attached hydrogens (tertiary/aromatic N) is 3. The van der Waals surface area contributed by atoms with E-state index in [1.807, 2.05) is 25.1 Å². The van der Waals surface area contributed by atoms with Crippen molar-refractivity contribution in [2.24, 2.45) is 21.9 Å². The fraction of sp³-hybridized carbons (Fsp3) is 0.700. The van der Waals surface area contributed by atoms with E-state index in [4.69, 9.17) is 5.10 Å². The fourth-order valence-electron chi connectivity index (χ4n) is 3.26. The van der Waals surface area contributed by atoms with Gasteiger partial charge in [0.1, 0.15) is 11.7 Å². The van der Waals surface area contributed by atoms with E-state index in [1.54, 1.807) is 6.08 Å². The van der Waals surface area contributed by atoms with Gasteiger partial charge in [-0.2, -0.15) is 5.10 Å². The molecule has 136 valence electrons. The van der Waals surface area contributed by atoms with Crippen LogP contribution in [0, 0.1) is 11.8 Å². The molecule has 0 aliphatic heterocycles. The lowest BCUT2D eigenvalue weighted by Gasteiger charge is -2.35. The van der Waals surface area contributed by atoms with E-state index < -0.39 is 0 Å². The second-order valence-electron chi connectivity index (χ2n) is 7.18. The first kappa shape index (κ1) is 20.6. The Labute approximate surface area is 147 Å². The summed E-state index contributed by atoms with van der Waals surface area (Å²) in [5, 5.41) is 6.70. The zero-order chi connectivity index (χ0) is 18.1. The molecule has 0 N–H and O–H groups in total. The molecule has 1 aliphatic rings. The normalized spacial score (nSPS) is 19.8. The SMILES string of the molecule is C=N/C(CCCCC)=N\N(C)C(CC(C)C)C1CC=CC(F)=C1C. The predicted octanol–water partition coefficient (Wildman–Crippen LogP) is 5.75. The molecule has 2 atom stereocenters. The molecule has 1 rings (SSSR count). The number of allylic oxidation sites excluding steroid dienone is 3. The Morgan fingerprint density at radius 1 is 1.42 bits per heavy atom. The van der Waals surface area contributed by atoms with Gasteiger partial charge in [-0.25, -0.2) is 9.38 Å². The Morgan fingerprint density at radius 2 is 2.12 bits per heavy atom. The van der Waals surface area contributed by atoms with Crippen molar-refractivity contribution in [3.8, 4) is 0 Å². The van der Waals surface area contributed by atoms with Crippen molar-refractivity contribution < 1.29 is 4.39 Å². The topological polar surface area (TPSA) is 28.0 Å². The highest BCUT2D eigenvalue weighted by molar-refractivity contribution is 5.85. The summed E-state index contributed by atoms with van der Waals surface area (Å²) >= 11 is 0. The molecule has 0 amide bonds. The second-order valence-corrected chi connectivity index (χ2v) is 7.18. The van der Waals surface area contributed by atoms with E-state index >= 15 is 0 Å². The van der Waals surface area contributed by atoms with Gasteiger partial charge in [0.15, 0.2) is 0 Å². The van der Waals surface area contributed by atoms with Gasteiger partial charge >= 0.3 is 0 Å². The lowest BCUT2D eigenvalue weighted by Crippen LogP contribution is -2.37. The Bertz CT molecular complexity index is 491. The molecule has 0 heterocycles. The lowest BCUT2D eigenvalue weighted by atomic mass is 9.82. The Hall–Kier alpha value is -1.45. The summed E-state index contributed by atoms with van der Waals surface area (Å²) in [6.07, 6.45) is 9.64. The van der Waals surface area contributed by atoms with Gasteiger partial charge in [0.2, 0.25) is 0 Å².